The van der Waals surface area contributed by atoms with Gasteiger partial charge in [-0.3, -0.25) is 4.79 Å². The van der Waals surface area contributed by atoms with E-state index in [-0.39, 0.29) is 18.0 Å². The molecule has 0 radical (unpaired) electrons. The van der Waals surface area contributed by atoms with Crippen molar-refractivity contribution >= 4 is 5.91 Å². The molecule has 0 saturated carbocycles. The number of carbonyl (C=O) groups excluding carboxylic acids is 1. The van der Waals surface area contributed by atoms with Crippen LogP contribution in [-0.4, -0.2) is 25.0 Å². The van der Waals surface area contributed by atoms with E-state index < -0.39 is 0 Å². The smallest absolute Gasteiger partial charge is 0.237 e. The van der Waals surface area contributed by atoms with Gasteiger partial charge in [-0.05, 0) is 33.2 Å². The molecule has 0 aliphatic rings. The molecule has 78 valence electrons. The highest BCUT2D eigenvalue weighted by atomic mass is 16.2. The van der Waals surface area contributed by atoms with Gasteiger partial charge in [-0.25, -0.2) is 0 Å². The van der Waals surface area contributed by atoms with Crippen LogP contribution in [0.15, 0.2) is 0 Å². The first-order chi connectivity index (χ1) is 5.97. The van der Waals surface area contributed by atoms with E-state index in [1.165, 1.54) is 0 Å². The fourth-order valence-corrected chi connectivity index (χ4v) is 1.21. The molecule has 0 aliphatic heterocycles. The van der Waals surface area contributed by atoms with Gasteiger partial charge >= 0.3 is 0 Å². The Hall–Kier alpha value is -0.570. The molecule has 1 amide bonds. The van der Waals surface area contributed by atoms with Crippen molar-refractivity contribution in [3.05, 3.63) is 0 Å². The Morgan fingerprint density at radius 3 is 2.08 bits per heavy atom. The van der Waals surface area contributed by atoms with Gasteiger partial charge in [-0.15, -0.1) is 0 Å². The standard InChI is InChI=1S/C10H22N2O/c1-7(2)6-9(11-5)10(13)12-8(3)4/h7-9,11H,6H2,1-5H3,(H,12,13)/t9-/m0/s1. The maximum atomic E-state index is 11.5. The van der Waals surface area contributed by atoms with Crippen molar-refractivity contribution in [1.82, 2.24) is 10.6 Å². The SMILES string of the molecule is CN[C@@H](CC(C)C)C(=O)NC(C)C. The van der Waals surface area contributed by atoms with Gasteiger partial charge in [0.1, 0.15) is 0 Å². The molecule has 0 aromatic rings. The quantitative estimate of drug-likeness (QED) is 0.676. The van der Waals surface area contributed by atoms with Crippen LogP contribution in [0.1, 0.15) is 34.1 Å². The van der Waals surface area contributed by atoms with Crippen LogP contribution in [0, 0.1) is 5.92 Å². The number of rotatable bonds is 5. The second-order valence-corrected chi connectivity index (χ2v) is 4.13. The Labute approximate surface area is 81.3 Å². The fourth-order valence-electron chi connectivity index (χ4n) is 1.21. The van der Waals surface area contributed by atoms with Crippen LogP contribution in [0.25, 0.3) is 0 Å². The highest BCUT2D eigenvalue weighted by Gasteiger charge is 2.17. The maximum Gasteiger partial charge on any atom is 0.237 e. The summed E-state index contributed by atoms with van der Waals surface area (Å²) in [6.45, 7) is 8.18. The monoisotopic (exact) mass is 186 g/mol. The van der Waals surface area contributed by atoms with Gasteiger partial charge in [0.15, 0.2) is 0 Å². The van der Waals surface area contributed by atoms with Crippen molar-refractivity contribution < 1.29 is 4.79 Å². The highest BCUT2D eigenvalue weighted by Crippen LogP contribution is 2.04. The van der Waals surface area contributed by atoms with E-state index in [0.717, 1.165) is 6.42 Å². The minimum Gasteiger partial charge on any atom is -0.353 e. The third-order valence-electron chi connectivity index (χ3n) is 1.80. The summed E-state index contributed by atoms with van der Waals surface area (Å²) in [4.78, 5) is 11.5. The van der Waals surface area contributed by atoms with Gasteiger partial charge in [0.25, 0.3) is 0 Å². The predicted molar refractivity (Wildman–Crippen MR) is 55.6 cm³/mol. The minimum absolute atomic E-state index is 0.0533. The average Bonchev–Trinajstić information content (AvgIpc) is 1.98. The molecule has 0 unspecified atom stereocenters. The topological polar surface area (TPSA) is 41.1 Å². The molecule has 3 heteroatoms. The summed E-state index contributed by atoms with van der Waals surface area (Å²) in [6.07, 6.45) is 0.884. The summed E-state index contributed by atoms with van der Waals surface area (Å²) in [5, 5.41) is 5.92. The van der Waals surface area contributed by atoms with Crippen LogP contribution in [0.4, 0.5) is 0 Å². The third kappa shape index (κ3) is 5.64. The number of likely N-dealkylation sites (N-methyl/N-ethyl adjacent to an activating group) is 1. The first-order valence-electron chi connectivity index (χ1n) is 4.95. The van der Waals surface area contributed by atoms with Crippen LogP contribution in [0.2, 0.25) is 0 Å². The van der Waals surface area contributed by atoms with Crippen LogP contribution in [0.3, 0.4) is 0 Å². The van der Waals surface area contributed by atoms with Crippen molar-refractivity contribution in [3.8, 4) is 0 Å². The minimum atomic E-state index is -0.0533. The van der Waals surface area contributed by atoms with E-state index in [1.54, 1.807) is 0 Å². The molecule has 0 saturated heterocycles. The lowest BCUT2D eigenvalue weighted by atomic mass is 10.0. The number of hydrogen-bond donors (Lipinski definition) is 2. The van der Waals surface area contributed by atoms with Gasteiger partial charge in [-0.2, -0.15) is 0 Å². The van der Waals surface area contributed by atoms with Crippen molar-refractivity contribution in [2.24, 2.45) is 5.92 Å². The number of carbonyl (C=O) groups is 1. The molecule has 0 aromatic carbocycles. The molecule has 1 atom stereocenters. The first kappa shape index (κ1) is 12.4. The third-order valence-corrected chi connectivity index (χ3v) is 1.80. The molecule has 0 aromatic heterocycles. The van der Waals surface area contributed by atoms with Crippen molar-refractivity contribution in [1.29, 1.82) is 0 Å². The van der Waals surface area contributed by atoms with Crippen molar-refractivity contribution in [3.63, 3.8) is 0 Å². The number of amides is 1. The largest absolute Gasteiger partial charge is 0.353 e. The van der Waals surface area contributed by atoms with Gasteiger partial charge in [0.2, 0.25) is 5.91 Å². The second-order valence-electron chi connectivity index (χ2n) is 4.13. The Kier molecular flexibility index (Phi) is 5.71. The van der Waals surface area contributed by atoms with E-state index in [1.807, 2.05) is 20.9 Å². The van der Waals surface area contributed by atoms with E-state index in [4.69, 9.17) is 0 Å². The highest BCUT2D eigenvalue weighted by molar-refractivity contribution is 5.81. The molecular formula is C10H22N2O. The molecule has 0 rings (SSSR count). The predicted octanol–water partition coefficient (Wildman–Crippen LogP) is 1.15. The van der Waals surface area contributed by atoms with Crippen LogP contribution < -0.4 is 10.6 Å². The van der Waals surface area contributed by atoms with E-state index >= 15 is 0 Å². The van der Waals surface area contributed by atoms with E-state index in [2.05, 4.69) is 24.5 Å². The molecule has 0 aliphatic carbocycles. The molecule has 3 nitrogen and oxygen atoms in total. The lowest BCUT2D eigenvalue weighted by Gasteiger charge is -2.19. The zero-order chi connectivity index (χ0) is 10.4. The zero-order valence-electron chi connectivity index (χ0n) is 9.35. The van der Waals surface area contributed by atoms with E-state index in [9.17, 15) is 4.79 Å². The molecule has 0 heterocycles. The summed E-state index contributed by atoms with van der Waals surface area (Å²) in [5.74, 6) is 0.640. The molecule has 0 fully saturated rings. The Morgan fingerprint density at radius 2 is 1.77 bits per heavy atom. The van der Waals surface area contributed by atoms with Crippen LogP contribution in [-0.2, 0) is 4.79 Å². The summed E-state index contributed by atoms with van der Waals surface area (Å²) >= 11 is 0. The lowest BCUT2D eigenvalue weighted by Crippen LogP contribution is -2.45. The molecule has 0 bridgehead atoms. The summed E-state index contributed by atoms with van der Waals surface area (Å²) in [6, 6.07) is 0.165. The van der Waals surface area contributed by atoms with Crippen LogP contribution in [0.5, 0.6) is 0 Å². The summed E-state index contributed by atoms with van der Waals surface area (Å²) in [5.41, 5.74) is 0. The van der Waals surface area contributed by atoms with Gasteiger partial charge in [0.05, 0.1) is 6.04 Å². The normalized spacial score (nSPS) is 13.5. The molecular weight excluding hydrogens is 164 g/mol. The van der Waals surface area contributed by atoms with Crippen LogP contribution >= 0.6 is 0 Å². The zero-order valence-corrected chi connectivity index (χ0v) is 9.35. The van der Waals surface area contributed by atoms with Gasteiger partial charge in [-0.1, -0.05) is 13.8 Å². The van der Waals surface area contributed by atoms with E-state index in [0.29, 0.717) is 5.92 Å². The lowest BCUT2D eigenvalue weighted by molar-refractivity contribution is -0.123. The molecule has 2 N–H and O–H groups in total. The number of nitrogens with one attached hydrogen (secondary N) is 2. The van der Waals surface area contributed by atoms with Crippen molar-refractivity contribution in [2.45, 2.75) is 46.2 Å². The Bertz CT molecular complexity index is 155. The fraction of sp³-hybridized carbons (Fsp3) is 0.900. The number of hydrogen-bond acceptors (Lipinski definition) is 2. The second kappa shape index (κ2) is 5.97. The van der Waals surface area contributed by atoms with Gasteiger partial charge < -0.3 is 10.6 Å². The Morgan fingerprint density at radius 1 is 1.23 bits per heavy atom. The first-order valence-corrected chi connectivity index (χ1v) is 4.95. The molecule has 0 spiro atoms. The molecule has 13 heavy (non-hydrogen) atoms. The maximum absolute atomic E-state index is 11.5. The summed E-state index contributed by atoms with van der Waals surface area (Å²) < 4.78 is 0. The van der Waals surface area contributed by atoms with Gasteiger partial charge in [0, 0.05) is 6.04 Å². The Balaban J connectivity index is 3.99. The van der Waals surface area contributed by atoms with Crippen molar-refractivity contribution in [2.75, 3.05) is 7.05 Å². The average molecular weight is 186 g/mol. The summed E-state index contributed by atoms with van der Waals surface area (Å²) in [7, 11) is 1.83.